The number of hydrogen-bond acceptors (Lipinski definition) is 6. The summed E-state index contributed by atoms with van der Waals surface area (Å²) in [5, 5.41) is 3.96. The zero-order chi connectivity index (χ0) is 16.5. The normalized spacial score (nSPS) is 16.7. The number of aromatic nitrogens is 1. The number of hydrogen-bond donors (Lipinski definition) is 2. The van der Waals surface area contributed by atoms with Gasteiger partial charge in [-0.2, -0.15) is 5.10 Å². The molecule has 1 aliphatic heterocycles. The van der Waals surface area contributed by atoms with E-state index in [1.807, 2.05) is 12.1 Å². The van der Waals surface area contributed by atoms with Crippen LogP contribution >= 0.6 is 0 Å². The highest BCUT2D eigenvalue weighted by molar-refractivity contribution is 5.96. The van der Waals surface area contributed by atoms with Gasteiger partial charge in [0.25, 0.3) is 0 Å². The second kappa shape index (κ2) is 8.64. The van der Waals surface area contributed by atoms with E-state index in [1.165, 1.54) is 6.21 Å². The average molecular weight is 318 g/mol. The van der Waals surface area contributed by atoms with Crippen molar-refractivity contribution >= 4 is 12.1 Å². The molecule has 1 aliphatic rings. The van der Waals surface area contributed by atoms with Crippen LogP contribution in [-0.2, 0) is 4.74 Å². The Morgan fingerprint density at radius 3 is 2.87 bits per heavy atom. The number of aliphatic imine (C=N–C) groups is 1. The molecule has 0 saturated carbocycles. The maximum absolute atomic E-state index is 13.9. The molecule has 23 heavy (non-hydrogen) atoms. The van der Waals surface area contributed by atoms with Gasteiger partial charge in [-0.3, -0.25) is 10.4 Å². The van der Waals surface area contributed by atoms with E-state index in [0.717, 1.165) is 6.20 Å². The number of pyridine rings is 1. The molecule has 8 heteroatoms. The van der Waals surface area contributed by atoms with Crippen LogP contribution in [0, 0.1) is 0 Å². The van der Waals surface area contributed by atoms with Gasteiger partial charge in [-0.1, -0.05) is 12.6 Å². The first kappa shape index (κ1) is 16.6. The highest BCUT2D eigenvalue weighted by atomic mass is 19.1. The maximum atomic E-state index is 13.9. The van der Waals surface area contributed by atoms with Crippen LogP contribution in [0.25, 0.3) is 0 Å². The lowest BCUT2D eigenvalue weighted by Crippen LogP contribution is -2.41. The van der Waals surface area contributed by atoms with Crippen LogP contribution in [0.5, 0.6) is 0 Å². The Balaban J connectivity index is 2.02. The molecule has 0 spiro atoms. The number of hydrazone groups is 1. The number of nitrogens with zero attached hydrogens (tertiary/aromatic N) is 4. The lowest BCUT2D eigenvalue weighted by Gasteiger charge is -2.29. The van der Waals surface area contributed by atoms with Crippen molar-refractivity contribution in [3.05, 3.63) is 54.5 Å². The van der Waals surface area contributed by atoms with Gasteiger partial charge in [0.1, 0.15) is 5.82 Å². The number of halogens is 1. The molecule has 1 saturated heterocycles. The van der Waals surface area contributed by atoms with Gasteiger partial charge in [0.15, 0.2) is 11.7 Å². The fourth-order valence-corrected chi connectivity index (χ4v) is 1.90. The van der Waals surface area contributed by atoms with E-state index in [2.05, 4.69) is 27.1 Å². The Morgan fingerprint density at radius 1 is 1.43 bits per heavy atom. The smallest absolute Gasteiger partial charge is 0.181 e. The first-order valence-corrected chi connectivity index (χ1v) is 7.09. The van der Waals surface area contributed by atoms with Gasteiger partial charge < -0.3 is 15.4 Å². The molecule has 2 rings (SSSR count). The third-order valence-electron chi connectivity index (χ3n) is 2.99. The van der Waals surface area contributed by atoms with Gasteiger partial charge in [0.05, 0.1) is 25.1 Å². The van der Waals surface area contributed by atoms with Crippen molar-refractivity contribution in [3.63, 3.8) is 0 Å². The molecule has 0 radical (unpaired) electrons. The molecule has 1 fully saturated rings. The van der Waals surface area contributed by atoms with E-state index in [1.54, 1.807) is 17.2 Å². The maximum Gasteiger partial charge on any atom is 0.181 e. The molecule has 1 aromatic heterocycles. The van der Waals surface area contributed by atoms with Gasteiger partial charge in [-0.15, -0.1) is 0 Å². The molecule has 2 heterocycles. The second-order valence-corrected chi connectivity index (χ2v) is 4.62. The highest BCUT2D eigenvalue weighted by Gasteiger charge is 2.19. The number of amidine groups is 1. The zero-order valence-corrected chi connectivity index (χ0v) is 12.7. The Bertz CT molecular complexity index is 608. The van der Waals surface area contributed by atoms with E-state index in [-0.39, 0.29) is 11.7 Å². The van der Waals surface area contributed by atoms with Crippen LogP contribution in [0.4, 0.5) is 4.39 Å². The molecule has 0 bridgehead atoms. The number of rotatable bonds is 5. The first-order chi connectivity index (χ1) is 11.2. The Kier molecular flexibility index (Phi) is 6.25. The molecule has 0 aromatic carbocycles. The van der Waals surface area contributed by atoms with Crippen molar-refractivity contribution in [1.82, 2.24) is 15.3 Å². The minimum atomic E-state index is -0.622. The summed E-state index contributed by atoms with van der Waals surface area (Å²) in [6, 6.07) is 5.46. The molecule has 0 unspecified atom stereocenters. The third-order valence-corrected chi connectivity index (χ3v) is 2.99. The molecule has 0 aliphatic carbocycles. The van der Waals surface area contributed by atoms with Crippen LogP contribution in [0.15, 0.2) is 58.9 Å². The van der Waals surface area contributed by atoms with Crippen LogP contribution in [-0.4, -0.2) is 48.2 Å². The standard InChI is InChI=1S/C15H19FN6O/c1-12(21-19-11-13-4-2-3-5-18-13)20-15(14(16)10-17)22-6-8-23-9-7-22/h2-5,10-11,21H,1,6-9,17H2/b14-10+,19-11+,20-15?. The first-order valence-electron chi connectivity index (χ1n) is 7.09. The minimum Gasteiger partial charge on any atom is -0.402 e. The van der Waals surface area contributed by atoms with E-state index >= 15 is 0 Å². The summed E-state index contributed by atoms with van der Waals surface area (Å²) < 4.78 is 19.2. The predicted octanol–water partition coefficient (Wildman–Crippen LogP) is 0.977. The van der Waals surface area contributed by atoms with Crippen LogP contribution < -0.4 is 11.2 Å². The van der Waals surface area contributed by atoms with Gasteiger partial charge in [0, 0.05) is 25.5 Å². The van der Waals surface area contributed by atoms with Crippen molar-refractivity contribution < 1.29 is 9.13 Å². The summed E-state index contributed by atoms with van der Waals surface area (Å²) in [5.74, 6) is -0.319. The highest BCUT2D eigenvalue weighted by Crippen LogP contribution is 2.09. The van der Waals surface area contributed by atoms with Crippen LogP contribution in [0.1, 0.15) is 5.69 Å². The summed E-state index contributed by atoms with van der Waals surface area (Å²) >= 11 is 0. The van der Waals surface area contributed by atoms with Crippen LogP contribution in [0.2, 0.25) is 0 Å². The Morgan fingerprint density at radius 2 is 2.22 bits per heavy atom. The number of nitrogens with two attached hydrogens (primary N) is 1. The average Bonchev–Trinajstić information content (AvgIpc) is 2.60. The fourth-order valence-electron chi connectivity index (χ4n) is 1.90. The number of morpholine rings is 1. The number of ether oxygens (including phenoxy) is 1. The third kappa shape index (κ3) is 5.19. The van der Waals surface area contributed by atoms with Gasteiger partial charge in [-0.05, 0) is 12.1 Å². The molecule has 0 atom stereocenters. The summed E-state index contributed by atoms with van der Waals surface area (Å²) in [6.07, 6.45) is 4.05. The molecular weight excluding hydrogens is 299 g/mol. The van der Waals surface area contributed by atoms with Crippen molar-refractivity contribution in [2.45, 2.75) is 0 Å². The lowest BCUT2D eigenvalue weighted by atomic mass is 10.3. The SMILES string of the molecule is C=C(N=C(/C(F)=C\N)N1CCOCC1)N/N=C/c1ccccn1. The van der Waals surface area contributed by atoms with E-state index in [9.17, 15) is 4.39 Å². The summed E-state index contributed by atoms with van der Waals surface area (Å²) in [7, 11) is 0. The van der Waals surface area contributed by atoms with E-state index in [4.69, 9.17) is 10.5 Å². The van der Waals surface area contributed by atoms with Gasteiger partial charge >= 0.3 is 0 Å². The molecule has 0 amide bonds. The predicted molar refractivity (Wildman–Crippen MR) is 87.3 cm³/mol. The molecule has 3 N–H and O–H groups in total. The Hall–Kier alpha value is -2.74. The summed E-state index contributed by atoms with van der Waals surface area (Å²) in [4.78, 5) is 9.96. The van der Waals surface area contributed by atoms with Gasteiger partial charge in [-0.25, -0.2) is 9.38 Å². The van der Waals surface area contributed by atoms with E-state index in [0.29, 0.717) is 32.0 Å². The monoisotopic (exact) mass is 318 g/mol. The minimum absolute atomic E-state index is 0.112. The van der Waals surface area contributed by atoms with Crippen LogP contribution in [0.3, 0.4) is 0 Å². The topological polar surface area (TPSA) is 88.1 Å². The van der Waals surface area contributed by atoms with E-state index < -0.39 is 5.83 Å². The van der Waals surface area contributed by atoms with Gasteiger partial charge in [0.2, 0.25) is 0 Å². The van der Waals surface area contributed by atoms with Crippen molar-refractivity contribution in [2.24, 2.45) is 15.8 Å². The van der Waals surface area contributed by atoms with Crippen molar-refractivity contribution in [2.75, 3.05) is 26.3 Å². The van der Waals surface area contributed by atoms with Crippen molar-refractivity contribution in [3.8, 4) is 0 Å². The zero-order valence-electron chi connectivity index (χ0n) is 12.7. The molecule has 1 aromatic rings. The largest absolute Gasteiger partial charge is 0.402 e. The Labute approximate surface area is 134 Å². The number of nitrogens with one attached hydrogen (secondary N) is 1. The molecule has 7 nitrogen and oxygen atoms in total. The fraction of sp³-hybridized carbons (Fsp3) is 0.267. The van der Waals surface area contributed by atoms with Crippen molar-refractivity contribution in [1.29, 1.82) is 0 Å². The molecule has 122 valence electrons. The molecular formula is C15H19FN6O. The summed E-state index contributed by atoms with van der Waals surface area (Å²) in [6.45, 7) is 5.79. The second-order valence-electron chi connectivity index (χ2n) is 4.62. The lowest BCUT2D eigenvalue weighted by molar-refractivity contribution is 0.0676. The summed E-state index contributed by atoms with van der Waals surface area (Å²) in [5.41, 5.74) is 8.58. The quantitative estimate of drug-likeness (QED) is 0.480.